The lowest BCUT2D eigenvalue weighted by Crippen LogP contribution is -2.12. The van der Waals surface area contributed by atoms with E-state index in [4.69, 9.17) is 10.00 Å². The van der Waals surface area contributed by atoms with Gasteiger partial charge in [-0.3, -0.25) is 0 Å². The van der Waals surface area contributed by atoms with Gasteiger partial charge in [-0.2, -0.15) is 5.26 Å². The van der Waals surface area contributed by atoms with Gasteiger partial charge in [-0.15, -0.1) is 0 Å². The van der Waals surface area contributed by atoms with Crippen LogP contribution < -0.4 is 0 Å². The Morgan fingerprint density at radius 2 is 1.61 bits per heavy atom. The fourth-order valence-electron chi connectivity index (χ4n) is 2.60. The first-order valence-electron chi connectivity index (χ1n) is 8.15. The summed E-state index contributed by atoms with van der Waals surface area (Å²) < 4.78 is 5.95. The molecule has 2 rings (SSSR count). The van der Waals surface area contributed by atoms with Gasteiger partial charge in [0.2, 0.25) is 0 Å². The summed E-state index contributed by atoms with van der Waals surface area (Å²) in [6, 6.07) is 18.6. The highest BCUT2D eigenvalue weighted by atomic mass is 16.5. The molecule has 2 aromatic carbocycles. The monoisotopic (exact) mass is 307 g/mol. The Labute approximate surface area is 139 Å². The molecule has 23 heavy (non-hydrogen) atoms. The van der Waals surface area contributed by atoms with Gasteiger partial charge in [0.05, 0.1) is 17.7 Å². The van der Waals surface area contributed by atoms with Crippen LogP contribution >= 0.6 is 0 Å². The average Bonchev–Trinajstić information content (AvgIpc) is 2.54. The molecule has 120 valence electrons. The van der Waals surface area contributed by atoms with Crippen molar-refractivity contribution in [2.24, 2.45) is 0 Å². The van der Waals surface area contributed by atoms with Crippen LogP contribution in [0.2, 0.25) is 0 Å². The number of rotatable bonds is 5. The highest BCUT2D eigenvalue weighted by Crippen LogP contribution is 2.27. The van der Waals surface area contributed by atoms with Gasteiger partial charge in [-0.05, 0) is 41.2 Å². The van der Waals surface area contributed by atoms with Crippen molar-refractivity contribution >= 4 is 0 Å². The molecule has 1 unspecified atom stereocenters. The summed E-state index contributed by atoms with van der Waals surface area (Å²) in [4.78, 5) is 0. The van der Waals surface area contributed by atoms with Crippen LogP contribution in [0, 0.1) is 11.3 Å². The smallest absolute Gasteiger partial charge is 0.0991 e. The lowest BCUT2D eigenvalue weighted by molar-refractivity contribution is 0.0628. The minimum atomic E-state index is 0.0435. The molecule has 0 fully saturated rings. The molecule has 0 radical (unpaired) electrons. The summed E-state index contributed by atoms with van der Waals surface area (Å²) in [6.07, 6.45) is 0.857. The van der Waals surface area contributed by atoms with Crippen LogP contribution in [0.15, 0.2) is 48.5 Å². The normalized spacial score (nSPS) is 12.7. The molecular weight excluding hydrogens is 282 g/mol. The third kappa shape index (κ3) is 4.68. The number of nitriles is 1. The van der Waals surface area contributed by atoms with Crippen molar-refractivity contribution in [2.45, 2.75) is 45.6 Å². The predicted octanol–water partition coefficient (Wildman–Crippen LogP) is 5.18. The molecule has 2 heteroatoms. The Bertz CT molecular complexity index is 657. The maximum atomic E-state index is 8.89. The molecule has 0 aromatic heterocycles. The van der Waals surface area contributed by atoms with Gasteiger partial charge >= 0.3 is 0 Å². The van der Waals surface area contributed by atoms with E-state index in [9.17, 15) is 0 Å². The fourth-order valence-corrected chi connectivity index (χ4v) is 2.60. The Balaban J connectivity index is 2.18. The first kappa shape index (κ1) is 17.2. The van der Waals surface area contributed by atoms with E-state index in [2.05, 4.69) is 51.1 Å². The molecular formula is C21H25NO. The second-order valence-electron chi connectivity index (χ2n) is 6.83. The first-order chi connectivity index (χ1) is 10.9. The van der Waals surface area contributed by atoms with Crippen LogP contribution in [0.4, 0.5) is 0 Å². The largest absolute Gasteiger partial charge is 0.373 e. The third-order valence-electron chi connectivity index (χ3n) is 4.02. The minimum absolute atomic E-state index is 0.0435. The van der Waals surface area contributed by atoms with Crippen LogP contribution in [0.3, 0.4) is 0 Å². The number of ether oxygens (including phenoxy) is 1. The van der Waals surface area contributed by atoms with E-state index in [0.29, 0.717) is 12.2 Å². The van der Waals surface area contributed by atoms with Crippen LogP contribution in [0.5, 0.6) is 0 Å². The zero-order chi connectivity index (χ0) is 16.9. The van der Waals surface area contributed by atoms with Gasteiger partial charge in [-0.1, -0.05) is 57.2 Å². The average molecular weight is 307 g/mol. The SMILES string of the molecule is CCOC(Cc1ccc(C#N)cc1)c1ccc(C(C)(C)C)cc1. The molecule has 2 nitrogen and oxygen atoms in total. The number of nitrogens with zero attached hydrogens (tertiary/aromatic N) is 1. The van der Waals surface area contributed by atoms with E-state index in [1.807, 2.05) is 31.2 Å². The van der Waals surface area contributed by atoms with Crippen molar-refractivity contribution in [2.75, 3.05) is 6.61 Å². The van der Waals surface area contributed by atoms with Crippen LogP contribution in [0.25, 0.3) is 0 Å². The van der Waals surface area contributed by atoms with Crippen molar-refractivity contribution in [3.8, 4) is 6.07 Å². The molecule has 0 N–H and O–H groups in total. The Kier molecular flexibility index (Phi) is 5.58. The van der Waals surface area contributed by atoms with Crippen molar-refractivity contribution < 1.29 is 4.74 Å². The molecule has 0 bridgehead atoms. The lowest BCUT2D eigenvalue weighted by atomic mass is 9.86. The van der Waals surface area contributed by atoms with Crippen molar-refractivity contribution in [3.63, 3.8) is 0 Å². The number of hydrogen-bond donors (Lipinski definition) is 0. The molecule has 0 aliphatic heterocycles. The fraction of sp³-hybridized carbons (Fsp3) is 0.381. The van der Waals surface area contributed by atoms with E-state index in [1.165, 1.54) is 16.7 Å². The van der Waals surface area contributed by atoms with Crippen molar-refractivity contribution in [1.29, 1.82) is 5.26 Å². The van der Waals surface area contributed by atoms with Crippen LogP contribution in [-0.4, -0.2) is 6.61 Å². The first-order valence-corrected chi connectivity index (χ1v) is 8.15. The minimum Gasteiger partial charge on any atom is -0.373 e. The van der Waals surface area contributed by atoms with E-state index in [0.717, 1.165) is 6.42 Å². The lowest BCUT2D eigenvalue weighted by Gasteiger charge is -2.22. The second kappa shape index (κ2) is 7.44. The molecule has 0 heterocycles. The third-order valence-corrected chi connectivity index (χ3v) is 4.02. The summed E-state index contributed by atoms with van der Waals surface area (Å²) in [7, 11) is 0. The zero-order valence-electron chi connectivity index (χ0n) is 14.5. The summed E-state index contributed by atoms with van der Waals surface area (Å²) in [6.45, 7) is 9.37. The topological polar surface area (TPSA) is 33.0 Å². The van der Waals surface area contributed by atoms with Crippen LogP contribution in [0.1, 0.15) is 56.1 Å². The van der Waals surface area contributed by atoms with Crippen molar-refractivity contribution in [1.82, 2.24) is 0 Å². The summed E-state index contributed by atoms with van der Waals surface area (Å²) in [5.41, 5.74) is 4.56. The Morgan fingerprint density at radius 1 is 1.00 bits per heavy atom. The Hall–Kier alpha value is -2.11. The van der Waals surface area contributed by atoms with Crippen molar-refractivity contribution in [3.05, 3.63) is 70.8 Å². The van der Waals surface area contributed by atoms with Gasteiger partial charge in [0, 0.05) is 13.0 Å². The maximum Gasteiger partial charge on any atom is 0.0991 e. The zero-order valence-corrected chi connectivity index (χ0v) is 14.5. The van der Waals surface area contributed by atoms with E-state index in [1.54, 1.807) is 0 Å². The number of benzene rings is 2. The van der Waals surface area contributed by atoms with Gasteiger partial charge in [-0.25, -0.2) is 0 Å². The van der Waals surface area contributed by atoms with Gasteiger partial charge in [0.15, 0.2) is 0 Å². The van der Waals surface area contributed by atoms with Crippen LogP contribution in [-0.2, 0) is 16.6 Å². The molecule has 0 spiro atoms. The second-order valence-corrected chi connectivity index (χ2v) is 6.83. The standard InChI is InChI=1S/C21H25NO/c1-5-23-20(14-16-6-8-17(15-22)9-7-16)18-10-12-19(13-11-18)21(2,3)4/h6-13,20H,5,14H2,1-4H3. The maximum absolute atomic E-state index is 8.89. The quantitative estimate of drug-likeness (QED) is 0.763. The summed E-state index contributed by atoms with van der Waals surface area (Å²) in [5, 5.41) is 8.89. The predicted molar refractivity (Wildman–Crippen MR) is 94.4 cm³/mol. The highest BCUT2D eigenvalue weighted by molar-refractivity contribution is 5.33. The molecule has 0 aliphatic rings. The van der Waals surface area contributed by atoms with Gasteiger partial charge in [0.25, 0.3) is 0 Å². The van der Waals surface area contributed by atoms with E-state index in [-0.39, 0.29) is 11.5 Å². The number of hydrogen-bond acceptors (Lipinski definition) is 2. The highest BCUT2D eigenvalue weighted by Gasteiger charge is 2.16. The Morgan fingerprint density at radius 3 is 2.09 bits per heavy atom. The molecule has 1 atom stereocenters. The van der Waals surface area contributed by atoms with Gasteiger partial charge in [0.1, 0.15) is 0 Å². The molecule has 0 amide bonds. The molecule has 0 saturated carbocycles. The molecule has 2 aromatic rings. The van der Waals surface area contributed by atoms with Gasteiger partial charge < -0.3 is 4.74 Å². The summed E-state index contributed by atoms with van der Waals surface area (Å²) >= 11 is 0. The van der Waals surface area contributed by atoms with E-state index < -0.39 is 0 Å². The molecule has 0 saturated heterocycles. The van der Waals surface area contributed by atoms with E-state index >= 15 is 0 Å². The molecule has 0 aliphatic carbocycles. The summed E-state index contributed by atoms with van der Waals surface area (Å²) in [5.74, 6) is 0.